The van der Waals surface area contributed by atoms with Crippen LogP contribution in [0, 0.1) is 13.8 Å². The van der Waals surface area contributed by atoms with Gasteiger partial charge < -0.3 is 15.0 Å². The largest absolute Gasteiger partial charge is 0.494 e. The molecule has 0 saturated heterocycles. The highest BCUT2D eigenvalue weighted by Crippen LogP contribution is 2.27. The second-order valence-corrected chi connectivity index (χ2v) is 12.5. The van der Waals surface area contributed by atoms with Crippen molar-refractivity contribution in [3.8, 4) is 5.75 Å². The summed E-state index contributed by atoms with van der Waals surface area (Å²) >= 11 is 6.25. The fraction of sp³-hybridized carbons (Fsp3) is 0.312. The van der Waals surface area contributed by atoms with E-state index in [4.69, 9.17) is 16.3 Å². The number of halogens is 1. The van der Waals surface area contributed by atoms with Crippen LogP contribution in [-0.4, -0.2) is 44.1 Å². The van der Waals surface area contributed by atoms with Gasteiger partial charge in [-0.1, -0.05) is 61.0 Å². The van der Waals surface area contributed by atoms with Crippen molar-refractivity contribution in [3.05, 3.63) is 99.2 Å². The lowest BCUT2D eigenvalue weighted by atomic mass is 10.1. The summed E-state index contributed by atoms with van der Waals surface area (Å²) in [6, 6.07) is 18.9. The van der Waals surface area contributed by atoms with Gasteiger partial charge in [0, 0.05) is 22.5 Å². The van der Waals surface area contributed by atoms with E-state index in [0.29, 0.717) is 30.0 Å². The van der Waals surface area contributed by atoms with Gasteiger partial charge >= 0.3 is 0 Å². The maximum atomic E-state index is 13.1. The molecule has 4 aromatic rings. The van der Waals surface area contributed by atoms with Crippen LogP contribution >= 0.6 is 11.6 Å². The summed E-state index contributed by atoms with van der Waals surface area (Å²) in [7, 11) is -4.00. The Bertz CT molecular complexity index is 1660. The third-order valence-electron chi connectivity index (χ3n) is 7.03. The monoisotopic (exact) mass is 609 g/mol. The zero-order valence-electron chi connectivity index (χ0n) is 24.1. The Morgan fingerprint density at radius 1 is 0.976 bits per heavy atom. The SMILES string of the molecule is CCc1ccc(CC(=O)NCCS(=O)(=O)NC(=O)c2[nH]c3ccccc3c2CCCOc2cc(C)c(Cl)c(C)c2)cc1. The normalized spacial score (nSPS) is 11.4. The number of sulfonamides is 1. The van der Waals surface area contributed by atoms with Crippen molar-refractivity contribution in [3.63, 3.8) is 0 Å². The second-order valence-electron chi connectivity index (χ2n) is 10.3. The number of aromatic amines is 1. The summed E-state index contributed by atoms with van der Waals surface area (Å²) in [5.41, 5.74) is 5.53. The molecule has 2 amide bonds. The predicted octanol–water partition coefficient (Wildman–Crippen LogP) is 5.43. The van der Waals surface area contributed by atoms with Gasteiger partial charge in [-0.25, -0.2) is 13.1 Å². The van der Waals surface area contributed by atoms with Gasteiger partial charge in [-0.15, -0.1) is 0 Å². The molecule has 0 saturated carbocycles. The van der Waals surface area contributed by atoms with E-state index in [1.807, 2.05) is 74.5 Å². The third kappa shape index (κ3) is 8.14. The number of aromatic nitrogens is 1. The molecule has 0 aliphatic heterocycles. The molecule has 0 unspecified atom stereocenters. The molecule has 42 heavy (non-hydrogen) atoms. The van der Waals surface area contributed by atoms with Crippen molar-refractivity contribution in [2.24, 2.45) is 0 Å². The van der Waals surface area contributed by atoms with Crippen LogP contribution in [-0.2, 0) is 34.1 Å². The first-order valence-corrected chi connectivity index (χ1v) is 16.0. The van der Waals surface area contributed by atoms with E-state index < -0.39 is 21.7 Å². The Kier molecular flexibility index (Phi) is 10.3. The Labute approximate surface area is 251 Å². The van der Waals surface area contributed by atoms with E-state index in [2.05, 4.69) is 21.9 Å². The van der Waals surface area contributed by atoms with Crippen molar-refractivity contribution in [1.29, 1.82) is 0 Å². The van der Waals surface area contributed by atoms with Gasteiger partial charge in [-0.05, 0) is 79.1 Å². The van der Waals surface area contributed by atoms with E-state index in [-0.39, 0.29) is 24.6 Å². The Balaban J connectivity index is 1.34. The lowest BCUT2D eigenvalue weighted by Gasteiger charge is -2.11. The van der Waals surface area contributed by atoms with E-state index in [9.17, 15) is 18.0 Å². The number of H-pyrrole nitrogens is 1. The first kappa shape index (κ1) is 31.1. The van der Waals surface area contributed by atoms with Crippen LogP contribution in [0.15, 0.2) is 60.7 Å². The van der Waals surface area contributed by atoms with E-state index in [0.717, 1.165) is 39.8 Å². The number of rotatable bonds is 13. The minimum absolute atomic E-state index is 0.116. The molecule has 0 spiro atoms. The highest BCUT2D eigenvalue weighted by molar-refractivity contribution is 7.90. The van der Waals surface area contributed by atoms with Crippen LogP contribution in [0.2, 0.25) is 5.02 Å². The number of nitrogens with one attached hydrogen (secondary N) is 3. The number of fused-ring (bicyclic) bond motifs is 1. The van der Waals surface area contributed by atoms with E-state index >= 15 is 0 Å². The van der Waals surface area contributed by atoms with Crippen molar-refractivity contribution < 1.29 is 22.7 Å². The molecule has 10 heteroatoms. The molecule has 3 N–H and O–H groups in total. The molecule has 222 valence electrons. The summed E-state index contributed by atoms with van der Waals surface area (Å²) in [5, 5.41) is 4.18. The highest BCUT2D eigenvalue weighted by Gasteiger charge is 2.22. The maximum Gasteiger partial charge on any atom is 0.281 e. The molecular formula is C32H36ClN3O5S. The Morgan fingerprint density at radius 3 is 2.33 bits per heavy atom. The highest BCUT2D eigenvalue weighted by atomic mass is 35.5. The number of para-hydroxylation sites is 1. The molecule has 1 heterocycles. The smallest absolute Gasteiger partial charge is 0.281 e. The molecule has 3 aromatic carbocycles. The van der Waals surface area contributed by atoms with Crippen LogP contribution in [0.3, 0.4) is 0 Å². The Morgan fingerprint density at radius 2 is 1.64 bits per heavy atom. The van der Waals surface area contributed by atoms with E-state index in [1.54, 1.807) is 0 Å². The molecule has 0 atom stereocenters. The number of amides is 2. The molecule has 0 fully saturated rings. The van der Waals surface area contributed by atoms with Gasteiger partial charge in [-0.2, -0.15) is 0 Å². The number of carbonyl (C=O) groups excluding carboxylic acids is 2. The second kappa shape index (κ2) is 13.9. The molecule has 0 radical (unpaired) electrons. The first-order valence-electron chi connectivity index (χ1n) is 13.9. The van der Waals surface area contributed by atoms with Crippen LogP contribution in [0.4, 0.5) is 0 Å². The average Bonchev–Trinajstić information content (AvgIpc) is 3.33. The average molecular weight is 610 g/mol. The van der Waals surface area contributed by atoms with Gasteiger partial charge in [0.1, 0.15) is 11.4 Å². The van der Waals surface area contributed by atoms with Crippen molar-refractivity contribution >= 4 is 44.3 Å². The summed E-state index contributed by atoms with van der Waals surface area (Å²) in [6.45, 7) is 6.19. The zero-order valence-corrected chi connectivity index (χ0v) is 25.6. The molecule has 4 rings (SSSR count). The Hall–Kier alpha value is -3.82. The fourth-order valence-electron chi connectivity index (χ4n) is 4.79. The number of hydrogen-bond donors (Lipinski definition) is 3. The maximum absolute atomic E-state index is 13.1. The topological polar surface area (TPSA) is 117 Å². The summed E-state index contributed by atoms with van der Waals surface area (Å²) in [6.07, 6.45) is 2.15. The molecule has 0 bridgehead atoms. The number of aryl methyl sites for hydroxylation is 4. The van der Waals surface area contributed by atoms with E-state index in [1.165, 1.54) is 5.56 Å². The van der Waals surface area contributed by atoms with Gasteiger partial charge in [0.15, 0.2) is 0 Å². The minimum atomic E-state index is -4.00. The van der Waals surface area contributed by atoms with Gasteiger partial charge in [0.05, 0.1) is 18.8 Å². The number of ether oxygens (including phenoxy) is 1. The predicted molar refractivity (Wildman–Crippen MR) is 167 cm³/mol. The van der Waals surface area contributed by atoms with Crippen LogP contribution < -0.4 is 14.8 Å². The summed E-state index contributed by atoms with van der Waals surface area (Å²) in [4.78, 5) is 28.5. The quantitative estimate of drug-likeness (QED) is 0.175. The van der Waals surface area contributed by atoms with Crippen molar-refractivity contribution in [2.75, 3.05) is 18.9 Å². The van der Waals surface area contributed by atoms with Crippen LogP contribution in [0.5, 0.6) is 5.75 Å². The van der Waals surface area contributed by atoms with Gasteiger partial charge in [0.2, 0.25) is 15.9 Å². The lowest BCUT2D eigenvalue weighted by molar-refractivity contribution is -0.120. The first-order chi connectivity index (χ1) is 20.1. The zero-order chi connectivity index (χ0) is 30.3. The van der Waals surface area contributed by atoms with Crippen molar-refractivity contribution in [2.45, 2.75) is 46.5 Å². The van der Waals surface area contributed by atoms with Crippen LogP contribution in [0.25, 0.3) is 10.9 Å². The standard InChI is InChI=1S/C32H36ClN3O5S/c1-4-23-11-13-24(14-12-23)20-29(37)34-15-17-42(39,40)36-32(38)31-27(26-8-5-6-10-28(26)35-31)9-7-16-41-25-18-21(2)30(33)22(3)19-25/h5-6,8,10-14,18-19,35H,4,7,9,15-17,20H2,1-3H3,(H,34,37)(H,36,38). The fourth-order valence-corrected chi connectivity index (χ4v) is 5.76. The number of carbonyl (C=O) groups is 2. The molecular weight excluding hydrogens is 574 g/mol. The van der Waals surface area contributed by atoms with Gasteiger partial charge in [0.25, 0.3) is 5.91 Å². The molecule has 0 aliphatic carbocycles. The van der Waals surface area contributed by atoms with Crippen LogP contribution in [0.1, 0.15) is 51.7 Å². The molecule has 1 aromatic heterocycles. The third-order valence-corrected chi connectivity index (χ3v) is 8.86. The van der Waals surface area contributed by atoms with Crippen molar-refractivity contribution in [1.82, 2.24) is 15.0 Å². The number of benzene rings is 3. The summed E-state index contributed by atoms with van der Waals surface area (Å²) < 4.78 is 33.5. The molecule has 0 aliphatic rings. The number of hydrogen-bond acceptors (Lipinski definition) is 5. The summed E-state index contributed by atoms with van der Waals surface area (Å²) in [5.74, 6) is -0.736. The van der Waals surface area contributed by atoms with Gasteiger partial charge in [-0.3, -0.25) is 9.59 Å². The lowest BCUT2D eigenvalue weighted by Crippen LogP contribution is -2.38. The minimum Gasteiger partial charge on any atom is -0.494 e. The molecule has 8 nitrogen and oxygen atoms in total.